The van der Waals surface area contributed by atoms with E-state index in [1.54, 1.807) is 0 Å². The van der Waals surface area contributed by atoms with Crippen molar-refractivity contribution in [3.05, 3.63) is 0 Å². The number of hydrogen-bond donors (Lipinski definition) is 2. The summed E-state index contributed by atoms with van der Waals surface area (Å²) in [5.41, 5.74) is 6.05. The van der Waals surface area contributed by atoms with Gasteiger partial charge in [0.2, 0.25) is 11.8 Å². The Balaban J connectivity index is 1.70. The molecular formula is C16H30N4O2. The van der Waals surface area contributed by atoms with Gasteiger partial charge in [-0.2, -0.15) is 0 Å². The molecule has 1 aliphatic carbocycles. The number of piperazine rings is 1. The number of rotatable bonds is 5. The van der Waals surface area contributed by atoms with Crippen molar-refractivity contribution in [2.45, 2.75) is 51.6 Å². The van der Waals surface area contributed by atoms with Crippen molar-refractivity contribution in [3.63, 3.8) is 0 Å². The molecule has 0 aromatic heterocycles. The number of nitrogens with one attached hydrogen (secondary N) is 1. The smallest absolute Gasteiger partial charge is 0.234 e. The molecule has 6 nitrogen and oxygen atoms in total. The summed E-state index contributed by atoms with van der Waals surface area (Å²) >= 11 is 0. The molecule has 22 heavy (non-hydrogen) atoms. The average Bonchev–Trinajstić information content (AvgIpc) is 2.84. The Morgan fingerprint density at radius 1 is 1.18 bits per heavy atom. The highest BCUT2D eigenvalue weighted by Gasteiger charge is 2.29. The summed E-state index contributed by atoms with van der Waals surface area (Å²) in [5.74, 6) is 0.655. The van der Waals surface area contributed by atoms with Crippen molar-refractivity contribution in [1.82, 2.24) is 15.1 Å². The number of nitrogens with zero attached hydrogens (tertiary/aromatic N) is 2. The van der Waals surface area contributed by atoms with E-state index in [-0.39, 0.29) is 23.9 Å². The molecule has 2 fully saturated rings. The standard InChI is InChI=1S/C16H30N4O2/c1-12(2)18-15(21)11-19-6-8-20(9-7-19)16(22)10-13-4-3-5-14(13)17/h12-14H,3-11,17H2,1-2H3,(H,18,21)/t13-,14+/m0/s1. The Bertz CT molecular complexity index is 392. The zero-order chi connectivity index (χ0) is 16.1. The lowest BCUT2D eigenvalue weighted by Gasteiger charge is -2.35. The van der Waals surface area contributed by atoms with E-state index in [2.05, 4.69) is 10.2 Å². The molecule has 1 saturated carbocycles. The minimum Gasteiger partial charge on any atom is -0.353 e. The Morgan fingerprint density at radius 3 is 2.41 bits per heavy atom. The first-order chi connectivity index (χ1) is 10.5. The summed E-state index contributed by atoms with van der Waals surface area (Å²) in [6, 6.07) is 0.371. The lowest BCUT2D eigenvalue weighted by Crippen LogP contribution is -2.52. The minimum absolute atomic E-state index is 0.0618. The van der Waals surface area contributed by atoms with E-state index >= 15 is 0 Å². The first-order valence-corrected chi connectivity index (χ1v) is 8.50. The van der Waals surface area contributed by atoms with E-state index in [9.17, 15) is 9.59 Å². The molecule has 2 aliphatic rings. The fraction of sp³-hybridized carbons (Fsp3) is 0.875. The summed E-state index contributed by atoms with van der Waals surface area (Å²) in [5, 5.41) is 2.90. The molecule has 1 aliphatic heterocycles. The van der Waals surface area contributed by atoms with Crippen LogP contribution in [0.5, 0.6) is 0 Å². The van der Waals surface area contributed by atoms with Crippen LogP contribution in [0.1, 0.15) is 39.5 Å². The maximum absolute atomic E-state index is 12.3. The molecule has 2 amide bonds. The molecule has 1 saturated heterocycles. The zero-order valence-electron chi connectivity index (χ0n) is 13.9. The van der Waals surface area contributed by atoms with Crippen molar-refractivity contribution in [3.8, 4) is 0 Å². The fourth-order valence-corrected chi connectivity index (χ4v) is 3.40. The van der Waals surface area contributed by atoms with Gasteiger partial charge >= 0.3 is 0 Å². The van der Waals surface area contributed by atoms with Crippen molar-refractivity contribution in [2.24, 2.45) is 11.7 Å². The van der Waals surface area contributed by atoms with Crippen molar-refractivity contribution >= 4 is 11.8 Å². The Hall–Kier alpha value is -1.14. The molecule has 0 bridgehead atoms. The van der Waals surface area contributed by atoms with E-state index in [0.29, 0.717) is 18.9 Å². The Morgan fingerprint density at radius 2 is 1.86 bits per heavy atom. The van der Waals surface area contributed by atoms with Crippen LogP contribution in [0.15, 0.2) is 0 Å². The van der Waals surface area contributed by atoms with Gasteiger partial charge in [-0.1, -0.05) is 6.42 Å². The largest absolute Gasteiger partial charge is 0.353 e. The number of hydrogen-bond acceptors (Lipinski definition) is 4. The van der Waals surface area contributed by atoms with Gasteiger partial charge < -0.3 is 16.0 Å². The molecule has 2 atom stereocenters. The highest BCUT2D eigenvalue weighted by molar-refractivity contribution is 5.78. The highest BCUT2D eigenvalue weighted by Crippen LogP contribution is 2.27. The van der Waals surface area contributed by atoms with Crippen LogP contribution < -0.4 is 11.1 Å². The van der Waals surface area contributed by atoms with E-state index in [0.717, 1.165) is 45.4 Å². The van der Waals surface area contributed by atoms with Gasteiger partial charge in [0.15, 0.2) is 0 Å². The molecule has 3 N–H and O–H groups in total. The van der Waals surface area contributed by atoms with Crippen LogP contribution in [0.2, 0.25) is 0 Å². The molecule has 126 valence electrons. The molecule has 0 spiro atoms. The predicted octanol–water partition coefficient (Wildman–Crippen LogP) is 0.173. The van der Waals surface area contributed by atoms with Gasteiger partial charge in [0.1, 0.15) is 0 Å². The molecule has 6 heteroatoms. The summed E-state index contributed by atoms with van der Waals surface area (Å²) in [6.45, 7) is 7.33. The lowest BCUT2D eigenvalue weighted by molar-refractivity contribution is -0.134. The monoisotopic (exact) mass is 310 g/mol. The number of amides is 2. The maximum Gasteiger partial charge on any atom is 0.234 e. The summed E-state index contributed by atoms with van der Waals surface area (Å²) in [4.78, 5) is 28.1. The minimum atomic E-state index is 0.0618. The van der Waals surface area contributed by atoms with Crippen molar-refractivity contribution < 1.29 is 9.59 Å². The number of carbonyl (C=O) groups excluding carboxylic acids is 2. The maximum atomic E-state index is 12.3. The molecular weight excluding hydrogens is 280 g/mol. The van der Waals surface area contributed by atoms with Gasteiger partial charge in [0, 0.05) is 44.7 Å². The van der Waals surface area contributed by atoms with Gasteiger partial charge in [0.25, 0.3) is 0 Å². The van der Waals surface area contributed by atoms with Gasteiger partial charge in [-0.05, 0) is 32.6 Å². The number of nitrogens with two attached hydrogens (primary N) is 1. The van der Waals surface area contributed by atoms with Crippen molar-refractivity contribution in [1.29, 1.82) is 0 Å². The van der Waals surface area contributed by atoms with Gasteiger partial charge in [-0.15, -0.1) is 0 Å². The van der Waals surface area contributed by atoms with E-state index < -0.39 is 0 Å². The third-order valence-electron chi connectivity index (χ3n) is 4.70. The molecule has 0 radical (unpaired) electrons. The Kier molecular flexibility index (Phi) is 6.20. The first kappa shape index (κ1) is 17.2. The third-order valence-corrected chi connectivity index (χ3v) is 4.70. The van der Waals surface area contributed by atoms with Crippen LogP contribution in [0.25, 0.3) is 0 Å². The van der Waals surface area contributed by atoms with Gasteiger partial charge in [0.05, 0.1) is 6.54 Å². The summed E-state index contributed by atoms with van der Waals surface area (Å²) in [7, 11) is 0. The van der Waals surface area contributed by atoms with Crippen molar-refractivity contribution in [2.75, 3.05) is 32.7 Å². The van der Waals surface area contributed by atoms with Crippen LogP contribution in [-0.4, -0.2) is 66.4 Å². The normalized spacial score (nSPS) is 26.5. The van der Waals surface area contributed by atoms with E-state index in [4.69, 9.17) is 5.73 Å². The number of carbonyl (C=O) groups is 2. The molecule has 2 rings (SSSR count). The van der Waals surface area contributed by atoms with Crippen LogP contribution in [0.4, 0.5) is 0 Å². The predicted molar refractivity (Wildman–Crippen MR) is 86.2 cm³/mol. The highest BCUT2D eigenvalue weighted by atomic mass is 16.2. The molecule has 0 unspecified atom stereocenters. The van der Waals surface area contributed by atoms with Gasteiger partial charge in [-0.3, -0.25) is 14.5 Å². The SMILES string of the molecule is CC(C)NC(=O)CN1CCN(C(=O)C[C@@H]2CCC[C@H]2N)CC1. The van der Waals surface area contributed by atoms with Gasteiger partial charge in [-0.25, -0.2) is 0 Å². The molecule has 0 aromatic carbocycles. The van der Waals surface area contributed by atoms with Crippen LogP contribution in [0.3, 0.4) is 0 Å². The fourth-order valence-electron chi connectivity index (χ4n) is 3.40. The van der Waals surface area contributed by atoms with Crippen LogP contribution in [0, 0.1) is 5.92 Å². The Labute approximate surface area is 133 Å². The average molecular weight is 310 g/mol. The van der Waals surface area contributed by atoms with E-state index in [1.807, 2.05) is 18.7 Å². The third kappa shape index (κ3) is 4.95. The second-order valence-electron chi connectivity index (χ2n) is 6.94. The van der Waals surface area contributed by atoms with E-state index in [1.165, 1.54) is 0 Å². The topological polar surface area (TPSA) is 78.7 Å². The first-order valence-electron chi connectivity index (χ1n) is 8.50. The quantitative estimate of drug-likeness (QED) is 0.759. The second kappa shape index (κ2) is 7.92. The molecule has 1 heterocycles. The van der Waals surface area contributed by atoms with Crippen LogP contribution >= 0.6 is 0 Å². The molecule has 0 aromatic rings. The van der Waals surface area contributed by atoms with Crippen LogP contribution in [-0.2, 0) is 9.59 Å². The lowest BCUT2D eigenvalue weighted by atomic mass is 9.99. The summed E-state index contributed by atoms with van der Waals surface area (Å²) in [6.07, 6.45) is 3.88. The second-order valence-corrected chi connectivity index (χ2v) is 6.94. The summed E-state index contributed by atoms with van der Waals surface area (Å²) < 4.78 is 0. The zero-order valence-corrected chi connectivity index (χ0v) is 13.9.